The van der Waals surface area contributed by atoms with Crippen molar-refractivity contribution < 1.29 is 19.4 Å². The molecule has 1 heterocycles. The number of hydrazone groups is 1. The molecule has 0 saturated carbocycles. The summed E-state index contributed by atoms with van der Waals surface area (Å²) in [4.78, 5) is 30.6. The number of hydrogen-bond donors (Lipinski definition) is 2. The first kappa shape index (κ1) is 25.8. The number of rotatable bonds is 9. The van der Waals surface area contributed by atoms with E-state index in [1.54, 1.807) is 61.5 Å². The molecule has 0 aliphatic heterocycles. The fourth-order valence-corrected chi connectivity index (χ4v) is 4.38. The smallest absolute Gasteiger partial charge is 0.266 e. The van der Waals surface area contributed by atoms with E-state index in [4.69, 9.17) is 9.47 Å². The Balaban J connectivity index is 1.56. The summed E-state index contributed by atoms with van der Waals surface area (Å²) in [5.74, 6) is 0.638. The Morgan fingerprint density at radius 1 is 1.14 bits per heavy atom. The first-order valence-corrected chi connectivity index (χ1v) is 12.5. The van der Waals surface area contributed by atoms with E-state index < -0.39 is 0 Å². The second-order valence-electron chi connectivity index (χ2n) is 7.89. The number of amides is 1. The van der Waals surface area contributed by atoms with Gasteiger partial charge in [0.2, 0.25) is 0 Å². The maximum Gasteiger partial charge on any atom is 0.266 e. The van der Waals surface area contributed by atoms with Gasteiger partial charge in [-0.2, -0.15) is 5.10 Å². The molecule has 37 heavy (non-hydrogen) atoms. The normalized spacial score (nSPS) is 11.4. The van der Waals surface area contributed by atoms with Crippen LogP contribution in [0.1, 0.15) is 19.4 Å². The first-order chi connectivity index (χ1) is 17.9. The van der Waals surface area contributed by atoms with Crippen LogP contribution in [0.5, 0.6) is 17.2 Å². The number of phenolic OH excluding ortho intramolecular Hbond substituents is 1. The Morgan fingerprint density at radius 3 is 2.62 bits per heavy atom. The van der Waals surface area contributed by atoms with Gasteiger partial charge in [-0.05, 0) is 68.4 Å². The van der Waals surface area contributed by atoms with Gasteiger partial charge in [-0.3, -0.25) is 14.2 Å². The Bertz CT molecular complexity index is 1520. The molecular weight excluding hydrogens is 492 g/mol. The van der Waals surface area contributed by atoms with Crippen molar-refractivity contribution in [2.24, 2.45) is 5.10 Å². The number of carbonyl (C=O) groups excluding carboxylic acids is 1. The lowest BCUT2D eigenvalue weighted by Gasteiger charge is -2.13. The molecule has 1 amide bonds. The van der Waals surface area contributed by atoms with Crippen LogP contribution in [0, 0.1) is 0 Å². The summed E-state index contributed by atoms with van der Waals surface area (Å²) < 4.78 is 12.1. The Kier molecular flexibility index (Phi) is 8.09. The average Bonchev–Trinajstić information content (AvgIpc) is 2.91. The van der Waals surface area contributed by atoms with Crippen molar-refractivity contribution in [2.75, 3.05) is 19.5 Å². The molecule has 0 saturated heterocycles. The lowest BCUT2D eigenvalue weighted by atomic mass is 10.1. The topological polar surface area (TPSA) is 115 Å². The number of methoxy groups -OCH3 is 1. The highest BCUT2D eigenvalue weighted by Crippen LogP contribution is 2.26. The van der Waals surface area contributed by atoms with Crippen molar-refractivity contribution in [3.63, 3.8) is 0 Å². The summed E-state index contributed by atoms with van der Waals surface area (Å²) in [5.41, 5.74) is 4.68. The van der Waals surface area contributed by atoms with Crippen LogP contribution >= 0.6 is 11.8 Å². The molecule has 190 valence electrons. The Hall–Kier alpha value is -4.31. The Morgan fingerprint density at radius 2 is 1.89 bits per heavy atom. The van der Waals surface area contributed by atoms with Crippen molar-refractivity contribution >= 4 is 34.3 Å². The van der Waals surface area contributed by atoms with Gasteiger partial charge in [0, 0.05) is 5.56 Å². The third-order valence-corrected chi connectivity index (χ3v) is 6.37. The van der Waals surface area contributed by atoms with Gasteiger partial charge in [0.25, 0.3) is 11.5 Å². The first-order valence-electron chi connectivity index (χ1n) is 11.5. The predicted molar refractivity (Wildman–Crippen MR) is 144 cm³/mol. The maximum absolute atomic E-state index is 13.4. The van der Waals surface area contributed by atoms with Crippen LogP contribution in [-0.2, 0) is 4.79 Å². The van der Waals surface area contributed by atoms with E-state index >= 15 is 0 Å². The van der Waals surface area contributed by atoms with Crippen molar-refractivity contribution in [1.82, 2.24) is 15.0 Å². The number of carbonyl (C=O) groups is 1. The lowest BCUT2D eigenvalue weighted by Crippen LogP contribution is -2.24. The van der Waals surface area contributed by atoms with E-state index in [0.717, 1.165) is 11.8 Å². The molecule has 0 spiro atoms. The van der Waals surface area contributed by atoms with Gasteiger partial charge in [-0.15, -0.1) is 0 Å². The van der Waals surface area contributed by atoms with E-state index in [2.05, 4.69) is 15.5 Å². The summed E-state index contributed by atoms with van der Waals surface area (Å²) in [7, 11) is 1.46. The molecule has 0 fully saturated rings. The number of ether oxygens (including phenoxy) is 2. The molecule has 0 aliphatic carbocycles. The van der Waals surface area contributed by atoms with Crippen LogP contribution in [-0.4, -0.2) is 45.7 Å². The summed E-state index contributed by atoms with van der Waals surface area (Å²) >= 11 is 1.14. The zero-order valence-corrected chi connectivity index (χ0v) is 21.4. The third kappa shape index (κ3) is 5.92. The fourth-order valence-electron chi connectivity index (χ4n) is 3.57. The SMILES string of the molecule is CCOc1ccc(-n2c(SCC(=O)NN=C(C)c3ccc(O)c(OC)c3)nc3ccccc3c2=O)cc1. The van der Waals surface area contributed by atoms with Gasteiger partial charge in [-0.1, -0.05) is 23.9 Å². The van der Waals surface area contributed by atoms with Crippen molar-refractivity contribution in [3.05, 3.63) is 82.6 Å². The molecule has 1 aromatic heterocycles. The number of hydrogen-bond acceptors (Lipinski definition) is 8. The van der Waals surface area contributed by atoms with Crippen LogP contribution < -0.4 is 20.5 Å². The van der Waals surface area contributed by atoms with Gasteiger partial charge in [0.1, 0.15) is 5.75 Å². The molecule has 3 aromatic carbocycles. The molecule has 9 nitrogen and oxygen atoms in total. The summed E-state index contributed by atoms with van der Waals surface area (Å²) in [6, 6.07) is 19.0. The quantitative estimate of drug-likeness (QED) is 0.148. The van der Waals surface area contributed by atoms with E-state index in [0.29, 0.717) is 51.1 Å². The standard InChI is InChI=1S/C27H26N4O5S/c1-4-36-20-12-10-19(11-13-20)31-26(34)21-7-5-6-8-22(21)28-27(31)37-16-25(33)30-29-17(2)18-9-14-23(32)24(15-18)35-3/h5-15,32H,4,16H2,1-3H3,(H,30,33). The van der Waals surface area contributed by atoms with Crippen molar-refractivity contribution in [1.29, 1.82) is 0 Å². The summed E-state index contributed by atoms with van der Waals surface area (Å²) in [6.45, 7) is 4.17. The molecule has 2 N–H and O–H groups in total. The maximum atomic E-state index is 13.4. The van der Waals surface area contributed by atoms with Gasteiger partial charge in [0.05, 0.1) is 41.8 Å². The van der Waals surface area contributed by atoms with Crippen LogP contribution in [0.15, 0.2) is 81.8 Å². The predicted octanol–water partition coefficient (Wildman–Crippen LogP) is 4.13. The van der Waals surface area contributed by atoms with Crippen LogP contribution in [0.25, 0.3) is 16.6 Å². The summed E-state index contributed by atoms with van der Waals surface area (Å²) in [6.07, 6.45) is 0. The van der Waals surface area contributed by atoms with Gasteiger partial charge in [0.15, 0.2) is 16.7 Å². The molecule has 0 atom stereocenters. The molecule has 10 heteroatoms. The number of nitrogens with one attached hydrogen (secondary N) is 1. The molecule has 4 aromatic rings. The Labute approximate surface area is 217 Å². The van der Waals surface area contributed by atoms with E-state index in [9.17, 15) is 14.7 Å². The molecule has 4 rings (SSSR count). The van der Waals surface area contributed by atoms with E-state index in [-0.39, 0.29) is 23.0 Å². The number of para-hydroxylation sites is 1. The average molecular weight is 519 g/mol. The summed E-state index contributed by atoms with van der Waals surface area (Å²) in [5, 5.41) is 14.8. The minimum absolute atomic E-state index is 0.0148. The monoisotopic (exact) mass is 518 g/mol. The van der Waals surface area contributed by atoms with E-state index in [1.807, 2.05) is 13.0 Å². The second-order valence-corrected chi connectivity index (χ2v) is 8.83. The highest BCUT2D eigenvalue weighted by molar-refractivity contribution is 7.99. The largest absolute Gasteiger partial charge is 0.504 e. The highest BCUT2D eigenvalue weighted by atomic mass is 32.2. The highest BCUT2D eigenvalue weighted by Gasteiger charge is 2.15. The number of aromatic nitrogens is 2. The lowest BCUT2D eigenvalue weighted by molar-refractivity contribution is -0.118. The molecule has 0 radical (unpaired) electrons. The second kappa shape index (κ2) is 11.6. The van der Waals surface area contributed by atoms with Gasteiger partial charge in [-0.25, -0.2) is 10.4 Å². The number of aromatic hydroxyl groups is 1. The van der Waals surface area contributed by atoms with E-state index in [1.165, 1.54) is 17.7 Å². The zero-order chi connectivity index (χ0) is 26.4. The van der Waals surface area contributed by atoms with Crippen molar-refractivity contribution in [3.8, 4) is 22.9 Å². The molecular formula is C27H26N4O5S. The minimum atomic E-state index is -0.365. The van der Waals surface area contributed by atoms with Crippen LogP contribution in [0.2, 0.25) is 0 Å². The van der Waals surface area contributed by atoms with Gasteiger partial charge >= 0.3 is 0 Å². The molecule has 0 aliphatic rings. The minimum Gasteiger partial charge on any atom is -0.504 e. The fraction of sp³-hybridized carbons (Fsp3) is 0.185. The molecule has 0 bridgehead atoms. The van der Waals surface area contributed by atoms with Crippen LogP contribution in [0.3, 0.4) is 0 Å². The van der Waals surface area contributed by atoms with Gasteiger partial charge < -0.3 is 14.6 Å². The van der Waals surface area contributed by atoms with Crippen molar-refractivity contribution in [2.45, 2.75) is 19.0 Å². The molecule has 0 unspecified atom stereocenters. The number of fused-ring (bicyclic) bond motifs is 1. The number of benzene rings is 3. The zero-order valence-electron chi connectivity index (χ0n) is 20.6. The number of thioether (sulfide) groups is 1. The number of phenols is 1. The number of nitrogens with zero attached hydrogens (tertiary/aromatic N) is 3. The third-order valence-electron chi connectivity index (χ3n) is 5.43. The van der Waals surface area contributed by atoms with Crippen LogP contribution in [0.4, 0.5) is 0 Å².